The van der Waals surface area contributed by atoms with E-state index in [1.165, 1.54) is 5.56 Å². The number of anilines is 2. The molecule has 0 saturated heterocycles. The number of rotatable bonds is 4. The molecule has 2 aromatic rings. The molecule has 3 nitrogen and oxygen atoms in total. The fourth-order valence-corrected chi connectivity index (χ4v) is 2.40. The summed E-state index contributed by atoms with van der Waals surface area (Å²) >= 11 is 6.92. The van der Waals surface area contributed by atoms with E-state index in [-0.39, 0.29) is 0 Å². The Morgan fingerprint density at radius 1 is 1.16 bits per heavy atom. The molecule has 0 spiro atoms. The van der Waals surface area contributed by atoms with E-state index < -0.39 is 0 Å². The quantitative estimate of drug-likeness (QED) is 0.753. The third kappa shape index (κ3) is 4.01. The van der Waals surface area contributed by atoms with Crippen LogP contribution in [0.1, 0.15) is 24.7 Å². The summed E-state index contributed by atoms with van der Waals surface area (Å²) < 4.78 is 1.91. The zero-order chi connectivity index (χ0) is 13.8. The summed E-state index contributed by atoms with van der Waals surface area (Å²) in [4.78, 5) is 8.86. The highest BCUT2D eigenvalue weighted by Crippen LogP contribution is 2.23. The summed E-state index contributed by atoms with van der Waals surface area (Å²) in [6, 6.07) is 8.02. The van der Waals surface area contributed by atoms with E-state index in [1.807, 2.05) is 18.2 Å². The van der Waals surface area contributed by atoms with Gasteiger partial charge in [0.2, 0.25) is 0 Å². The summed E-state index contributed by atoms with van der Waals surface area (Å²) in [6.45, 7) is 4.18. The lowest BCUT2D eigenvalue weighted by Gasteiger charge is -2.09. The van der Waals surface area contributed by atoms with E-state index in [9.17, 15) is 0 Å². The van der Waals surface area contributed by atoms with Crippen LogP contribution in [-0.2, 0) is 6.42 Å². The van der Waals surface area contributed by atoms with Gasteiger partial charge in [-0.1, -0.05) is 22.9 Å². The molecule has 0 aliphatic heterocycles. The van der Waals surface area contributed by atoms with Crippen molar-refractivity contribution >= 4 is 43.4 Å². The standard InChI is InChI=1S/C14H15Br2N3/c1-3-4-13-18-12(16)8-14(19-13)17-10-5-6-11(15)9(2)7-10/h5-8H,3-4H2,1-2H3,(H,17,18,19). The van der Waals surface area contributed by atoms with E-state index in [1.54, 1.807) is 0 Å². The van der Waals surface area contributed by atoms with Gasteiger partial charge in [0, 0.05) is 22.6 Å². The summed E-state index contributed by atoms with van der Waals surface area (Å²) in [6.07, 6.45) is 1.92. The highest BCUT2D eigenvalue weighted by molar-refractivity contribution is 9.10. The molecule has 1 aromatic heterocycles. The average Bonchev–Trinajstić information content (AvgIpc) is 2.33. The molecule has 1 heterocycles. The molecule has 1 aromatic carbocycles. The summed E-state index contributed by atoms with van der Waals surface area (Å²) in [5.41, 5.74) is 2.21. The predicted molar refractivity (Wildman–Crippen MR) is 85.9 cm³/mol. The molecule has 0 saturated carbocycles. The Morgan fingerprint density at radius 3 is 2.63 bits per heavy atom. The minimum atomic E-state index is 0.808. The lowest BCUT2D eigenvalue weighted by atomic mass is 10.2. The van der Waals surface area contributed by atoms with E-state index in [4.69, 9.17) is 0 Å². The van der Waals surface area contributed by atoms with Crippen LogP contribution in [0.4, 0.5) is 11.5 Å². The minimum Gasteiger partial charge on any atom is -0.340 e. The monoisotopic (exact) mass is 383 g/mol. The highest BCUT2D eigenvalue weighted by atomic mass is 79.9. The third-order valence-electron chi connectivity index (χ3n) is 2.65. The molecule has 0 unspecified atom stereocenters. The van der Waals surface area contributed by atoms with Crippen LogP contribution in [0.2, 0.25) is 0 Å². The molecule has 0 aliphatic carbocycles. The zero-order valence-corrected chi connectivity index (χ0v) is 14.0. The molecular weight excluding hydrogens is 370 g/mol. The molecule has 0 atom stereocenters. The molecule has 100 valence electrons. The van der Waals surface area contributed by atoms with Crippen molar-refractivity contribution in [1.82, 2.24) is 9.97 Å². The maximum atomic E-state index is 4.51. The Labute approximate surface area is 130 Å². The molecule has 19 heavy (non-hydrogen) atoms. The SMILES string of the molecule is CCCc1nc(Br)cc(Nc2ccc(Br)c(C)c2)n1. The van der Waals surface area contributed by atoms with Gasteiger partial charge in [0.15, 0.2) is 0 Å². The molecule has 5 heteroatoms. The second-order valence-electron chi connectivity index (χ2n) is 4.33. The lowest BCUT2D eigenvalue weighted by molar-refractivity contribution is 0.831. The van der Waals surface area contributed by atoms with E-state index in [2.05, 4.69) is 67.1 Å². The van der Waals surface area contributed by atoms with Crippen molar-refractivity contribution in [2.45, 2.75) is 26.7 Å². The molecule has 0 bridgehead atoms. The van der Waals surface area contributed by atoms with Gasteiger partial charge in [0.25, 0.3) is 0 Å². The first kappa shape index (κ1) is 14.5. The van der Waals surface area contributed by atoms with Crippen LogP contribution in [0.3, 0.4) is 0 Å². The number of halogens is 2. The van der Waals surface area contributed by atoms with Gasteiger partial charge >= 0.3 is 0 Å². The summed E-state index contributed by atoms with van der Waals surface area (Å²) in [5, 5.41) is 3.31. The Morgan fingerprint density at radius 2 is 1.95 bits per heavy atom. The van der Waals surface area contributed by atoms with Crippen LogP contribution >= 0.6 is 31.9 Å². The zero-order valence-electron chi connectivity index (χ0n) is 10.9. The molecule has 0 radical (unpaired) electrons. The van der Waals surface area contributed by atoms with Crippen molar-refractivity contribution in [3.63, 3.8) is 0 Å². The van der Waals surface area contributed by atoms with Crippen molar-refractivity contribution in [3.8, 4) is 0 Å². The Hall–Kier alpha value is -0.940. The van der Waals surface area contributed by atoms with Crippen molar-refractivity contribution in [2.75, 3.05) is 5.32 Å². The average molecular weight is 385 g/mol. The summed E-state index contributed by atoms with van der Waals surface area (Å²) in [5.74, 6) is 1.67. The van der Waals surface area contributed by atoms with Gasteiger partial charge < -0.3 is 5.32 Å². The Balaban J connectivity index is 2.24. The van der Waals surface area contributed by atoms with Crippen LogP contribution in [0, 0.1) is 6.92 Å². The van der Waals surface area contributed by atoms with Crippen LogP contribution in [-0.4, -0.2) is 9.97 Å². The fourth-order valence-electron chi connectivity index (χ4n) is 1.73. The van der Waals surface area contributed by atoms with Crippen molar-refractivity contribution in [3.05, 3.63) is 44.7 Å². The topological polar surface area (TPSA) is 37.8 Å². The van der Waals surface area contributed by atoms with Gasteiger partial charge in [-0.05, 0) is 53.0 Å². The Kier molecular flexibility index (Phi) is 4.93. The number of aryl methyl sites for hydroxylation is 2. The molecule has 0 fully saturated rings. The maximum Gasteiger partial charge on any atom is 0.135 e. The number of nitrogens with one attached hydrogen (secondary N) is 1. The highest BCUT2D eigenvalue weighted by Gasteiger charge is 2.04. The van der Waals surface area contributed by atoms with Crippen LogP contribution < -0.4 is 5.32 Å². The van der Waals surface area contributed by atoms with Gasteiger partial charge in [-0.2, -0.15) is 0 Å². The van der Waals surface area contributed by atoms with Gasteiger partial charge in [-0.25, -0.2) is 9.97 Å². The first-order chi connectivity index (χ1) is 9.08. The van der Waals surface area contributed by atoms with Crippen LogP contribution in [0.15, 0.2) is 33.3 Å². The number of nitrogens with zero attached hydrogens (tertiary/aromatic N) is 2. The molecule has 1 N–H and O–H groups in total. The first-order valence-corrected chi connectivity index (χ1v) is 7.73. The lowest BCUT2D eigenvalue weighted by Crippen LogP contribution is -2.00. The number of benzene rings is 1. The Bertz CT molecular complexity index is 585. The largest absolute Gasteiger partial charge is 0.340 e. The smallest absolute Gasteiger partial charge is 0.135 e. The normalized spacial score (nSPS) is 10.5. The number of hydrogen-bond acceptors (Lipinski definition) is 3. The van der Waals surface area contributed by atoms with Crippen molar-refractivity contribution in [2.24, 2.45) is 0 Å². The number of aromatic nitrogens is 2. The summed E-state index contributed by atoms with van der Waals surface area (Å²) in [7, 11) is 0. The second-order valence-corrected chi connectivity index (χ2v) is 6.00. The molecule has 0 amide bonds. The minimum absolute atomic E-state index is 0.808. The molecule has 0 aliphatic rings. The van der Waals surface area contributed by atoms with Gasteiger partial charge in [0.05, 0.1) is 0 Å². The first-order valence-electron chi connectivity index (χ1n) is 6.15. The fraction of sp³-hybridized carbons (Fsp3) is 0.286. The van der Waals surface area contributed by atoms with Crippen LogP contribution in [0.5, 0.6) is 0 Å². The van der Waals surface area contributed by atoms with E-state index in [0.717, 1.165) is 39.2 Å². The van der Waals surface area contributed by atoms with E-state index >= 15 is 0 Å². The third-order valence-corrected chi connectivity index (χ3v) is 3.94. The van der Waals surface area contributed by atoms with Crippen LogP contribution in [0.25, 0.3) is 0 Å². The number of hydrogen-bond donors (Lipinski definition) is 1. The molecular formula is C14H15Br2N3. The second kappa shape index (κ2) is 6.48. The molecule has 2 rings (SSSR count). The van der Waals surface area contributed by atoms with Gasteiger partial charge in [0.1, 0.15) is 16.2 Å². The van der Waals surface area contributed by atoms with Crippen molar-refractivity contribution < 1.29 is 0 Å². The maximum absolute atomic E-state index is 4.51. The predicted octanol–water partition coefficient (Wildman–Crippen LogP) is 5.01. The van der Waals surface area contributed by atoms with Crippen molar-refractivity contribution in [1.29, 1.82) is 0 Å². The van der Waals surface area contributed by atoms with Gasteiger partial charge in [-0.3, -0.25) is 0 Å². The van der Waals surface area contributed by atoms with E-state index in [0.29, 0.717) is 0 Å². The van der Waals surface area contributed by atoms with Gasteiger partial charge in [-0.15, -0.1) is 0 Å².